The van der Waals surface area contributed by atoms with Crippen molar-refractivity contribution in [2.75, 3.05) is 0 Å². The van der Waals surface area contributed by atoms with Gasteiger partial charge in [0.15, 0.2) is 0 Å². The van der Waals surface area contributed by atoms with Crippen LogP contribution >= 0.6 is 0 Å². The zero-order valence-corrected chi connectivity index (χ0v) is 16.0. The summed E-state index contributed by atoms with van der Waals surface area (Å²) in [4.78, 5) is 0. The summed E-state index contributed by atoms with van der Waals surface area (Å²) in [5.41, 5.74) is 5.57. The maximum atomic E-state index is 2.24. The van der Waals surface area contributed by atoms with Crippen LogP contribution in [0.15, 0.2) is 12.1 Å². The summed E-state index contributed by atoms with van der Waals surface area (Å²) in [5, 5.41) is 0. The molecule has 120 valence electrons. The molecule has 0 radical (unpaired) electrons. The van der Waals surface area contributed by atoms with Crippen LogP contribution in [-0.2, 0) is 17.4 Å². The molecule has 0 bridgehead atoms. The van der Waals surface area contributed by atoms with Gasteiger partial charge in [0.25, 0.3) is 0 Å². The van der Waals surface area contributed by atoms with Gasteiger partial charge in [-0.3, -0.25) is 0 Å². The van der Waals surface area contributed by atoms with Crippen molar-refractivity contribution >= 4 is 0 Å². The SMILES string of the molecule is C[C-]1[CH-][C-](C)[C-](C)[CH-][C-]1C.Cc1cc(C)c(C)cc1C.[Cr]. The van der Waals surface area contributed by atoms with Crippen LogP contribution in [0.4, 0.5) is 0 Å². The van der Waals surface area contributed by atoms with Crippen LogP contribution in [0.5, 0.6) is 0 Å². The van der Waals surface area contributed by atoms with Crippen molar-refractivity contribution in [2.24, 2.45) is 0 Å². The molecule has 1 aromatic carbocycles. The van der Waals surface area contributed by atoms with E-state index in [0.717, 1.165) is 0 Å². The number of benzene rings is 1. The van der Waals surface area contributed by atoms with Gasteiger partial charge in [-0.05, 0) is 49.9 Å². The van der Waals surface area contributed by atoms with Crippen molar-refractivity contribution < 1.29 is 17.4 Å². The minimum Gasteiger partial charge on any atom is -0.721 e. The molecule has 0 aliphatic heterocycles. The second-order valence-corrected chi connectivity index (χ2v) is 6.04. The third-order valence-corrected chi connectivity index (χ3v) is 4.22. The molecule has 0 unspecified atom stereocenters. The smallest absolute Gasteiger partial charge is 0 e. The molecule has 0 amide bonds. The molecule has 0 saturated heterocycles. The zero-order valence-electron chi connectivity index (χ0n) is 14.7. The molecule has 1 aliphatic rings. The number of hydrogen-bond acceptors (Lipinski definition) is 0. The first-order valence-electron chi connectivity index (χ1n) is 7.31. The van der Waals surface area contributed by atoms with Crippen molar-refractivity contribution in [1.29, 1.82) is 0 Å². The standard InChI is InChI=1S/2C10H14.Cr/c2*1-7-5-9(3)10(4)6-8(7)2;/h2*5-6H,1-4H3;/q;-6;. The van der Waals surface area contributed by atoms with Gasteiger partial charge in [-0.1, -0.05) is 12.1 Å². The van der Waals surface area contributed by atoms with E-state index < -0.39 is 0 Å². The minimum atomic E-state index is 0. The summed E-state index contributed by atoms with van der Waals surface area (Å²) >= 11 is 0. The zero-order chi connectivity index (χ0) is 15.4. The van der Waals surface area contributed by atoms with E-state index >= 15 is 0 Å². The summed E-state index contributed by atoms with van der Waals surface area (Å²) in [6.45, 7) is 17.2. The minimum absolute atomic E-state index is 0. The molecular weight excluding hydrogens is 292 g/mol. The topological polar surface area (TPSA) is 0 Å². The predicted molar refractivity (Wildman–Crippen MR) is 89.7 cm³/mol. The Morgan fingerprint density at radius 1 is 0.571 bits per heavy atom. The molecule has 0 nitrogen and oxygen atoms in total. The Kier molecular flexibility index (Phi) is 8.91. The maximum absolute atomic E-state index is 2.24. The van der Waals surface area contributed by atoms with Crippen molar-refractivity contribution in [3.63, 3.8) is 0 Å². The van der Waals surface area contributed by atoms with Gasteiger partial charge in [-0.25, -0.2) is 27.7 Å². The van der Waals surface area contributed by atoms with Crippen LogP contribution in [0, 0.1) is 64.2 Å². The van der Waals surface area contributed by atoms with Gasteiger partial charge < -0.3 is 36.5 Å². The molecule has 0 aromatic heterocycles. The van der Waals surface area contributed by atoms with Crippen molar-refractivity contribution in [3.8, 4) is 0 Å². The second kappa shape index (κ2) is 9.02. The summed E-state index contributed by atoms with van der Waals surface area (Å²) in [5.74, 6) is 5.57. The molecule has 0 spiro atoms. The Balaban J connectivity index is 0.000000364. The van der Waals surface area contributed by atoms with Gasteiger partial charge in [0.2, 0.25) is 0 Å². The largest absolute Gasteiger partial charge is 0.721 e. The fraction of sp³-hybridized carbons (Fsp3) is 0.400. The monoisotopic (exact) mass is 320 g/mol. The Morgan fingerprint density at radius 2 is 0.762 bits per heavy atom. The molecular formula is C20H28Cr-6. The van der Waals surface area contributed by atoms with Gasteiger partial charge in [-0.2, -0.15) is 0 Å². The third kappa shape index (κ3) is 6.17. The molecule has 1 aromatic rings. The van der Waals surface area contributed by atoms with E-state index in [4.69, 9.17) is 0 Å². The van der Waals surface area contributed by atoms with E-state index in [2.05, 4.69) is 80.4 Å². The van der Waals surface area contributed by atoms with E-state index in [1.54, 1.807) is 0 Å². The first-order chi connectivity index (χ1) is 9.22. The van der Waals surface area contributed by atoms with Crippen LogP contribution in [0.25, 0.3) is 0 Å². The molecule has 1 saturated carbocycles. The summed E-state index contributed by atoms with van der Waals surface area (Å²) in [7, 11) is 0. The van der Waals surface area contributed by atoms with E-state index in [1.807, 2.05) is 0 Å². The van der Waals surface area contributed by atoms with Crippen LogP contribution in [0.2, 0.25) is 0 Å². The van der Waals surface area contributed by atoms with Crippen LogP contribution in [0.3, 0.4) is 0 Å². The second-order valence-electron chi connectivity index (χ2n) is 6.04. The van der Waals surface area contributed by atoms with Crippen molar-refractivity contribution in [2.45, 2.75) is 55.4 Å². The summed E-state index contributed by atoms with van der Waals surface area (Å²) < 4.78 is 0. The fourth-order valence-electron chi connectivity index (χ4n) is 2.21. The molecule has 0 atom stereocenters. The Morgan fingerprint density at radius 3 is 0.952 bits per heavy atom. The van der Waals surface area contributed by atoms with Crippen molar-refractivity contribution in [3.05, 3.63) is 70.9 Å². The Bertz CT molecular complexity index is 359. The van der Waals surface area contributed by atoms with Crippen LogP contribution in [0.1, 0.15) is 49.9 Å². The average Bonchev–Trinajstić information content (AvgIpc) is 2.35. The average molecular weight is 320 g/mol. The summed E-state index contributed by atoms with van der Waals surface area (Å²) in [6, 6.07) is 4.48. The molecule has 21 heavy (non-hydrogen) atoms. The van der Waals surface area contributed by atoms with Crippen molar-refractivity contribution in [1.82, 2.24) is 0 Å². The maximum Gasteiger partial charge on any atom is 0 e. The number of hydrogen-bond donors (Lipinski definition) is 0. The molecule has 2 rings (SSSR count). The normalized spacial score (nSPS) is 17.9. The van der Waals surface area contributed by atoms with Crippen LogP contribution in [-0.4, -0.2) is 0 Å². The predicted octanol–water partition coefficient (Wildman–Crippen LogP) is 5.70. The summed E-state index contributed by atoms with van der Waals surface area (Å²) in [6.07, 6.45) is 4.48. The molecule has 0 heterocycles. The fourth-order valence-corrected chi connectivity index (χ4v) is 2.21. The quantitative estimate of drug-likeness (QED) is 0.538. The van der Waals surface area contributed by atoms with E-state index in [0.29, 0.717) is 0 Å². The molecule has 0 N–H and O–H groups in total. The first kappa shape index (κ1) is 20.8. The van der Waals surface area contributed by atoms with Gasteiger partial charge in [0.1, 0.15) is 0 Å². The molecule has 1 aliphatic carbocycles. The molecule has 1 heteroatoms. The number of aryl methyl sites for hydroxylation is 4. The Labute approximate surface area is 143 Å². The first-order valence-corrected chi connectivity index (χ1v) is 7.31. The van der Waals surface area contributed by atoms with Gasteiger partial charge >= 0.3 is 0 Å². The van der Waals surface area contributed by atoms with Crippen LogP contribution < -0.4 is 0 Å². The number of rotatable bonds is 0. The van der Waals surface area contributed by atoms with E-state index in [-0.39, 0.29) is 17.4 Å². The third-order valence-electron chi connectivity index (χ3n) is 4.22. The molecule has 1 fully saturated rings. The van der Waals surface area contributed by atoms with Gasteiger partial charge in [-0.15, -0.1) is 0 Å². The van der Waals surface area contributed by atoms with E-state index in [9.17, 15) is 0 Å². The van der Waals surface area contributed by atoms with E-state index in [1.165, 1.54) is 45.9 Å². The Hall–Kier alpha value is -0.248. The van der Waals surface area contributed by atoms with Gasteiger partial charge in [0.05, 0.1) is 0 Å². The van der Waals surface area contributed by atoms with Gasteiger partial charge in [0, 0.05) is 17.4 Å².